The normalized spacial score (nSPS) is 15.6. The van der Waals surface area contributed by atoms with E-state index >= 15 is 0 Å². The number of thioether (sulfide) groups is 1. The number of hydrogen-bond donors (Lipinski definition) is 3. The van der Waals surface area contributed by atoms with Crippen LogP contribution in [0.25, 0.3) is 0 Å². The molecule has 0 radical (unpaired) electrons. The van der Waals surface area contributed by atoms with Crippen LogP contribution in [0.4, 0.5) is 11.4 Å². The van der Waals surface area contributed by atoms with Crippen LogP contribution in [-0.4, -0.2) is 54.9 Å². The van der Waals surface area contributed by atoms with Crippen molar-refractivity contribution in [2.45, 2.75) is 36.5 Å². The second kappa shape index (κ2) is 13.7. The summed E-state index contributed by atoms with van der Waals surface area (Å²) >= 11 is 1.13. The molecule has 1 unspecified atom stereocenters. The number of aliphatic hydroxyl groups excluding tert-OH is 1. The van der Waals surface area contributed by atoms with Gasteiger partial charge in [0.05, 0.1) is 29.4 Å². The number of amidine groups is 1. The lowest BCUT2D eigenvalue weighted by atomic mass is 10.1. The largest absolute Gasteiger partial charge is 0.462 e. The van der Waals surface area contributed by atoms with E-state index in [1.54, 1.807) is 43.3 Å². The van der Waals surface area contributed by atoms with Gasteiger partial charge in [0.25, 0.3) is 0 Å². The Morgan fingerprint density at radius 1 is 1.05 bits per heavy atom. The molecule has 11 nitrogen and oxygen atoms in total. The molecule has 4 N–H and O–H groups in total. The van der Waals surface area contributed by atoms with Gasteiger partial charge in [0.15, 0.2) is 5.17 Å². The molecule has 1 atom stereocenters. The number of benzene rings is 3. The Hall–Kier alpha value is -4.04. The summed E-state index contributed by atoms with van der Waals surface area (Å²) in [4.78, 5) is 44.0. The number of imide groups is 1. The number of nitrogens with one attached hydrogen (secondary N) is 1. The van der Waals surface area contributed by atoms with Crippen LogP contribution in [0.3, 0.4) is 0 Å². The molecule has 1 aliphatic rings. The summed E-state index contributed by atoms with van der Waals surface area (Å²) in [6.45, 7) is 2.15. The molecule has 1 heterocycles. The molecule has 0 bridgehead atoms. The van der Waals surface area contributed by atoms with Gasteiger partial charge in [-0.25, -0.2) is 23.3 Å². The molecule has 4 rings (SSSR count). The van der Waals surface area contributed by atoms with Crippen LogP contribution < -0.4 is 15.4 Å². The topological polar surface area (TPSA) is 168 Å². The first-order valence-electron chi connectivity index (χ1n) is 13.0. The zero-order valence-corrected chi connectivity index (χ0v) is 24.4. The van der Waals surface area contributed by atoms with Gasteiger partial charge in [-0.1, -0.05) is 36.0 Å². The monoisotopic (exact) mass is 610 g/mol. The fraction of sp³-hybridized carbons (Fsp3) is 0.241. The number of carbonyl (C=O) groups is 3. The highest BCUT2D eigenvalue weighted by molar-refractivity contribution is 8.15. The molecule has 220 valence electrons. The first kappa shape index (κ1) is 30.9. The van der Waals surface area contributed by atoms with Crippen LogP contribution in [0.15, 0.2) is 82.7 Å². The van der Waals surface area contributed by atoms with Crippen LogP contribution in [0.2, 0.25) is 0 Å². The summed E-state index contributed by atoms with van der Waals surface area (Å²) in [5.41, 5.74) is 2.92. The molecule has 13 heteroatoms. The number of aliphatic hydroxyl groups is 1. The lowest BCUT2D eigenvalue weighted by molar-refractivity contribution is -0.121. The van der Waals surface area contributed by atoms with E-state index in [1.807, 2.05) is 0 Å². The van der Waals surface area contributed by atoms with E-state index in [0.717, 1.165) is 27.8 Å². The number of sulfonamides is 1. The van der Waals surface area contributed by atoms with Gasteiger partial charge in [-0.3, -0.25) is 14.6 Å². The molecule has 1 aliphatic heterocycles. The first-order valence-corrected chi connectivity index (χ1v) is 15.4. The summed E-state index contributed by atoms with van der Waals surface area (Å²) in [7, 11) is -3.79. The van der Waals surface area contributed by atoms with Gasteiger partial charge in [0.1, 0.15) is 5.25 Å². The van der Waals surface area contributed by atoms with Gasteiger partial charge >= 0.3 is 5.97 Å². The third kappa shape index (κ3) is 7.82. The second-order valence-electron chi connectivity index (χ2n) is 9.25. The lowest BCUT2D eigenvalue weighted by Crippen LogP contribution is -2.31. The summed E-state index contributed by atoms with van der Waals surface area (Å²) in [5, 5.41) is 17.4. The highest BCUT2D eigenvalue weighted by atomic mass is 32.2. The summed E-state index contributed by atoms with van der Waals surface area (Å²) in [6, 6.07) is 19.3. The molecule has 42 heavy (non-hydrogen) atoms. The minimum Gasteiger partial charge on any atom is -0.462 e. The Balaban J connectivity index is 1.49. The number of esters is 1. The Morgan fingerprint density at radius 3 is 2.29 bits per heavy atom. The number of hydrogen-bond acceptors (Lipinski definition) is 9. The maximum absolute atomic E-state index is 13.3. The van der Waals surface area contributed by atoms with E-state index in [9.17, 15) is 27.9 Å². The Bertz CT molecular complexity index is 1570. The number of nitrogens with two attached hydrogens (primary N) is 1. The molecule has 0 aliphatic carbocycles. The number of rotatable bonds is 10. The predicted octanol–water partition coefficient (Wildman–Crippen LogP) is 3.08. The zero-order valence-electron chi connectivity index (χ0n) is 22.7. The van der Waals surface area contributed by atoms with Crippen molar-refractivity contribution in [1.82, 2.24) is 0 Å². The molecular weight excluding hydrogens is 580 g/mol. The molecule has 3 aromatic carbocycles. The Morgan fingerprint density at radius 2 is 1.69 bits per heavy atom. The van der Waals surface area contributed by atoms with Crippen LogP contribution in [0, 0.1) is 0 Å². The predicted molar refractivity (Wildman–Crippen MR) is 161 cm³/mol. The minimum atomic E-state index is -3.79. The van der Waals surface area contributed by atoms with E-state index in [-0.39, 0.29) is 30.4 Å². The van der Waals surface area contributed by atoms with E-state index < -0.39 is 27.1 Å². The molecule has 1 fully saturated rings. The zero-order chi connectivity index (χ0) is 30.3. The lowest BCUT2D eigenvalue weighted by Gasteiger charge is -2.16. The number of primary sulfonamides is 1. The average Bonchev–Trinajstić information content (AvgIpc) is 3.25. The SMILES string of the molecule is CCOC(=O)c1ccc(N2C(=O)CC(SC(=NCCc3ccc(S(N)(=O)=O)cc3)Nc3ccc(CO)cc3)C2=O)cc1. The van der Waals surface area contributed by atoms with Crippen molar-refractivity contribution in [3.8, 4) is 0 Å². The van der Waals surface area contributed by atoms with Gasteiger partial charge in [0.2, 0.25) is 21.8 Å². The van der Waals surface area contributed by atoms with Crippen LogP contribution in [0.5, 0.6) is 0 Å². The van der Waals surface area contributed by atoms with Crippen molar-refractivity contribution in [2.24, 2.45) is 10.1 Å². The van der Waals surface area contributed by atoms with Crippen molar-refractivity contribution in [3.05, 3.63) is 89.5 Å². The average molecular weight is 611 g/mol. The quantitative estimate of drug-likeness (QED) is 0.135. The van der Waals surface area contributed by atoms with Crippen molar-refractivity contribution >= 4 is 56.1 Å². The maximum atomic E-state index is 13.3. The molecule has 0 saturated carbocycles. The van der Waals surface area contributed by atoms with Gasteiger partial charge in [-0.05, 0) is 73.0 Å². The van der Waals surface area contributed by atoms with Crippen LogP contribution >= 0.6 is 11.8 Å². The minimum absolute atomic E-state index is 0.0171. The van der Waals surface area contributed by atoms with Crippen LogP contribution in [0.1, 0.15) is 34.8 Å². The first-order chi connectivity index (χ1) is 20.1. The highest BCUT2D eigenvalue weighted by Crippen LogP contribution is 2.31. The number of amides is 2. The fourth-order valence-electron chi connectivity index (χ4n) is 4.12. The Kier molecular flexibility index (Phi) is 10.1. The smallest absolute Gasteiger partial charge is 0.338 e. The standard InChI is InChI=1S/C29H30N4O7S2/c1-2-40-28(37)21-7-11-23(12-8-21)33-26(35)17-25(27(33)36)41-29(32-22-9-3-20(18-34)4-10-22)31-16-15-19-5-13-24(14-6-19)42(30,38)39/h3-14,25,34H,2,15-18H2,1H3,(H,31,32)(H2,30,38,39). The van der Waals surface area contributed by atoms with E-state index in [1.165, 1.54) is 36.4 Å². The molecular formula is C29H30N4O7S2. The van der Waals surface area contributed by atoms with Gasteiger partial charge in [0, 0.05) is 18.7 Å². The molecule has 0 spiro atoms. The van der Waals surface area contributed by atoms with Crippen LogP contribution in [-0.2, 0) is 37.4 Å². The third-order valence-electron chi connectivity index (χ3n) is 6.29. The second-order valence-corrected chi connectivity index (χ2v) is 12.0. The number of nitrogens with zero attached hydrogens (tertiary/aromatic N) is 2. The summed E-state index contributed by atoms with van der Waals surface area (Å²) < 4.78 is 28.0. The Labute approximate surface area is 247 Å². The molecule has 0 aromatic heterocycles. The number of ether oxygens (including phenoxy) is 1. The van der Waals surface area contributed by atoms with Gasteiger partial charge < -0.3 is 15.2 Å². The molecule has 1 saturated heterocycles. The molecule has 3 aromatic rings. The number of anilines is 2. The van der Waals surface area contributed by atoms with Crippen molar-refractivity contribution in [1.29, 1.82) is 0 Å². The van der Waals surface area contributed by atoms with E-state index in [4.69, 9.17) is 9.88 Å². The fourth-order valence-corrected chi connectivity index (χ4v) is 5.68. The summed E-state index contributed by atoms with van der Waals surface area (Å²) in [5.74, 6) is -1.27. The van der Waals surface area contributed by atoms with Gasteiger partial charge in [-0.15, -0.1) is 0 Å². The van der Waals surface area contributed by atoms with Crippen molar-refractivity contribution < 1.29 is 32.6 Å². The number of carbonyl (C=O) groups excluding carboxylic acids is 3. The third-order valence-corrected chi connectivity index (χ3v) is 8.33. The van der Waals surface area contributed by atoms with Crippen molar-refractivity contribution in [3.63, 3.8) is 0 Å². The van der Waals surface area contributed by atoms with E-state index in [0.29, 0.717) is 35.1 Å². The molecule has 2 amide bonds. The van der Waals surface area contributed by atoms with Crippen molar-refractivity contribution in [2.75, 3.05) is 23.4 Å². The maximum Gasteiger partial charge on any atom is 0.338 e. The summed E-state index contributed by atoms with van der Waals surface area (Å²) in [6.07, 6.45) is 0.443. The van der Waals surface area contributed by atoms with E-state index in [2.05, 4.69) is 10.3 Å². The highest BCUT2D eigenvalue weighted by Gasteiger charge is 2.41. The van der Waals surface area contributed by atoms with Gasteiger partial charge in [-0.2, -0.15) is 0 Å². The number of aliphatic imine (C=N–C) groups is 1.